The number of anilines is 1. The summed E-state index contributed by atoms with van der Waals surface area (Å²) in [4.78, 5) is 17.0. The van der Waals surface area contributed by atoms with Crippen LogP contribution in [0.3, 0.4) is 0 Å². The van der Waals surface area contributed by atoms with Gasteiger partial charge in [-0.25, -0.2) is 0 Å². The fraction of sp³-hybridized carbons (Fsp3) is 0.455. The Morgan fingerprint density at radius 3 is 2.87 bits per heavy atom. The molecule has 0 aromatic carbocycles. The number of hydrogen-bond acceptors (Lipinski definition) is 3. The molecule has 1 aliphatic rings. The second-order valence-corrected chi connectivity index (χ2v) is 3.89. The smallest absolute Gasteiger partial charge is 0.222 e. The van der Waals surface area contributed by atoms with E-state index in [1.165, 1.54) is 0 Å². The van der Waals surface area contributed by atoms with Gasteiger partial charge in [0.25, 0.3) is 0 Å². The zero-order valence-corrected chi connectivity index (χ0v) is 8.81. The molecule has 0 saturated carbocycles. The molecule has 1 fully saturated rings. The van der Waals surface area contributed by atoms with E-state index in [0.29, 0.717) is 12.5 Å². The Morgan fingerprint density at radius 1 is 1.47 bits per heavy atom. The van der Waals surface area contributed by atoms with Crippen LogP contribution in [0, 0.1) is 0 Å². The number of hydrogen-bond donors (Lipinski definition) is 1. The third-order valence-corrected chi connectivity index (χ3v) is 2.68. The van der Waals surface area contributed by atoms with Crippen molar-refractivity contribution in [2.24, 2.45) is 0 Å². The Kier molecular flexibility index (Phi) is 2.85. The van der Waals surface area contributed by atoms with Gasteiger partial charge in [0.2, 0.25) is 5.91 Å². The molecule has 0 bridgehead atoms. The van der Waals surface area contributed by atoms with Crippen LogP contribution in [0.1, 0.15) is 12.8 Å². The van der Waals surface area contributed by atoms with Gasteiger partial charge >= 0.3 is 0 Å². The highest BCUT2D eigenvalue weighted by Gasteiger charge is 2.22. The summed E-state index contributed by atoms with van der Waals surface area (Å²) in [5.41, 5.74) is 1.07. The molecule has 1 aliphatic heterocycles. The van der Waals surface area contributed by atoms with E-state index in [1.807, 2.05) is 19.2 Å². The summed E-state index contributed by atoms with van der Waals surface area (Å²) in [5.74, 6) is 0.239. The van der Waals surface area contributed by atoms with Gasteiger partial charge in [-0.1, -0.05) is 0 Å². The summed E-state index contributed by atoms with van der Waals surface area (Å²) in [7, 11) is 1.85. The van der Waals surface area contributed by atoms with E-state index in [0.717, 1.165) is 18.7 Å². The largest absolute Gasteiger partial charge is 0.380 e. The molecular weight excluding hydrogens is 190 g/mol. The third kappa shape index (κ3) is 2.46. The molecule has 0 aliphatic carbocycles. The first-order valence-electron chi connectivity index (χ1n) is 5.16. The van der Waals surface area contributed by atoms with Crippen molar-refractivity contribution in [2.45, 2.75) is 18.9 Å². The van der Waals surface area contributed by atoms with Crippen molar-refractivity contribution < 1.29 is 4.79 Å². The van der Waals surface area contributed by atoms with Crippen molar-refractivity contribution in [3.05, 3.63) is 24.5 Å². The van der Waals surface area contributed by atoms with Crippen LogP contribution >= 0.6 is 0 Å². The summed E-state index contributed by atoms with van der Waals surface area (Å²) in [6.45, 7) is 0.779. The van der Waals surface area contributed by atoms with E-state index in [9.17, 15) is 4.79 Å². The monoisotopic (exact) mass is 205 g/mol. The van der Waals surface area contributed by atoms with Crippen LogP contribution in [0.25, 0.3) is 0 Å². The minimum atomic E-state index is 0.239. The normalized spacial score (nSPS) is 21.5. The Hall–Kier alpha value is -1.58. The molecule has 1 N–H and O–H groups in total. The molecule has 1 aromatic rings. The van der Waals surface area contributed by atoms with Gasteiger partial charge < -0.3 is 10.2 Å². The molecule has 1 aromatic heterocycles. The molecule has 0 radical (unpaired) electrons. The second kappa shape index (κ2) is 4.29. The van der Waals surface area contributed by atoms with Crippen molar-refractivity contribution in [2.75, 3.05) is 18.9 Å². The van der Waals surface area contributed by atoms with E-state index < -0.39 is 0 Å². The number of nitrogens with one attached hydrogen (secondary N) is 1. The van der Waals surface area contributed by atoms with Crippen molar-refractivity contribution in [1.29, 1.82) is 0 Å². The standard InChI is InChI=1S/C11H15N3O/c1-14-8-10(2-3-11(14)15)13-9-4-6-12-7-5-9/h4-7,10H,2-3,8H2,1H3,(H,12,13). The number of rotatable bonds is 2. The van der Waals surface area contributed by atoms with Crippen LogP contribution in [0.15, 0.2) is 24.5 Å². The molecule has 1 saturated heterocycles. The van der Waals surface area contributed by atoms with E-state index in [1.54, 1.807) is 17.3 Å². The van der Waals surface area contributed by atoms with Crippen LogP contribution in [0.4, 0.5) is 5.69 Å². The summed E-state index contributed by atoms with van der Waals surface area (Å²) in [6, 6.07) is 4.24. The lowest BCUT2D eigenvalue weighted by molar-refractivity contribution is -0.132. The van der Waals surface area contributed by atoms with Gasteiger partial charge in [-0.05, 0) is 18.6 Å². The first-order chi connectivity index (χ1) is 7.25. The van der Waals surface area contributed by atoms with Gasteiger partial charge in [-0.2, -0.15) is 0 Å². The van der Waals surface area contributed by atoms with Gasteiger partial charge in [0.05, 0.1) is 0 Å². The third-order valence-electron chi connectivity index (χ3n) is 2.68. The Balaban J connectivity index is 1.94. The Bertz CT molecular complexity index is 339. The van der Waals surface area contributed by atoms with E-state index >= 15 is 0 Å². The Labute approximate surface area is 89.3 Å². The van der Waals surface area contributed by atoms with Gasteiger partial charge in [-0.3, -0.25) is 9.78 Å². The second-order valence-electron chi connectivity index (χ2n) is 3.89. The lowest BCUT2D eigenvalue weighted by Gasteiger charge is -2.30. The average molecular weight is 205 g/mol. The molecule has 2 rings (SSSR count). The number of likely N-dealkylation sites (tertiary alicyclic amines) is 1. The molecule has 0 spiro atoms. The number of nitrogens with zero attached hydrogens (tertiary/aromatic N) is 2. The highest BCUT2D eigenvalue weighted by Crippen LogP contribution is 2.14. The summed E-state index contributed by atoms with van der Waals surface area (Å²) < 4.78 is 0. The number of aromatic nitrogens is 1. The number of amides is 1. The molecule has 4 heteroatoms. The molecule has 15 heavy (non-hydrogen) atoms. The number of likely N-dealkylation sites (N-methyl/N-ethyl adjacent to an activating group) is 1. The van der Waals surface area contributed by atoms with Gasteiger partial charge in [0.15, 0.2) is 0 Å². The zero-order valence-electron chi connectivity index (χ0n) is 8.81. The fourth-order valence-electron chi connectivity index (χ4n) is 1.81. The van der Waals surface area contributed by atoms with Crippen LogP contribution in [0.5, 0.6) is 0 Å². The SMILES string of the molecule is CN1CC(Nc2ccncc2)CCC1=O. The highest BCUT2D eigenvalue weighted by atomic mass is 16.2. The van der Waals surface area contributed by atoms with Crippen LogP contribution in [-0.4, -0.2) is 35.4 Å². The molecule has 4 nitrogen and oxygen atoms in total. The topological polar surface area (TPSA) is 45.2 Å². The average Bonchev–Trinajstić information content (AvgIpc) is 2.25. The van der Waals surface area contributed by atoms with Crippen LogP contribution in [-0.2, 0) is 4.79 Å². The lowest BCUT2D eigenvalue weighted by Crippen LogP contribution is -2.43. The van der Waals surface area contributed by atoms with Crippen molar-refractivity contribution in [1.82, 2.24) is 9.88 Å². The number of piperidine rings is 1. The van der Waals surface area contributed by atoms with Gasteiger partial charge in [0, 0.05) is 44.1 Å². The quantitative estimate of drug-likeness (QED) is 0.786. The lowest BCUT2D eigenvalue weighted by atomic mass is 10.1. The van der Waals surface area contributed by atoms with E-state index in [2.05, 4.69) is 10.3 Å². The maximum atomic E-state index is 11.3. The van der Waals surface area contributed by atoms with E-state index in [-0.39, 0.29) is 5.91 Å². The molecule has 80 valence electrons. The molecule has 1 amide bonds. The number of carbonyl (C=O) groups is 1. The zero-order chi connectivity index (χ0) is 10.7. The summed E-state index contributed by atoms with van der Waals surface area (Å²) in [5, 5.41) is 3.40. The highest BCUT2D eigenvalue weighted by molar-refractivity contribution is 5.77. The number of carbonyl (C=O) groups excluding carboxylic acids is 1. The molecule has 2 heterocycles. The van der Waals surface area contributed by atoms with Gasteiger partial charge in [0.1, 0.15) is 0 Å². The maximum Gasteiger partial charge on any atom is 0.222 e. The fourth-order valence-corrected chi connectivity index (χ4v) is 1.81. The molecule has 1 unspecified atom stereocenters. The van der Waals surface area contributed by atoms with Crippen molar-refractivity contribution >= 4 is 11.6 Å². The van der Waals surface area contributed by atoms with Gasteiger partial charge in [-0.15, -0.1) is 0 Å². The van der Waals surface area contributed by atoms with Crippen molar-refractivity contribution in [3.8, 4) is 0 Å². The van der Waals surface area contributed by atoms with Crippen LogP contribution in [0.2, 0.25) is 0 Å². The number of pyridine rings is 1. The summed E-state index contributed by atoms with van der Waals surface area (Å²) >= 11 is 0. The van der Waals surface area contributed by atoms with Crippen LogP contribution < -0.4 is 5.32 Å². The predicted molar refractivity (Wildman–Crippen MR) is 58.5 cm³/mol. The predicted octanol–water partition coefficient (Wildman–Crippen LogP) is 1.11. The minimum absolute atomic E-state index is 0.239. The first-order valence-corrected chi connectivity index (χ1v) is 5.16. The Morgan fingerprint density at radius 2 is 2.20 bits per heavy atom. The molecular formula is C11H15N3O. The summed E-state index contributed by atoms with van der Waals surface area (Å²) in [6.07, 6.45) is 5.07. The van der Waals surface area contributed by atoms with Crippen molar-refractivity contribution in [3.63, 3.8) is 0 Å². The minimum Gasteiger partial charge on any atom is -0.380 e. The first kappa shape index (κ1) is 9.96. The van der Waals surface area contributed by atoms with E-state index in [4.69, 9.17) is 0 Å². The maximum absolute atomic E-state index is 11.3. The molecule has 1 atom stereocenters.